The molecule has 1 aliphatic rings. The lowest BCUT2D eigenvalue weighted by molar-refractivity contribution is 0.357. The number of fused-ring (bicyclic) bond motifs is 1. The van der Waals surface area contributed by atoms with Crippen molar-refractivity contribution in [1.29, 1.82) is 0 Å². The standard InChI is InChI=1S/C18H14FN3O/c19-13-4-1-5-14(9-13)22-18-17-15(6-8-23-17)16(11-21-18)12-3-2-7-20-10-12/h1-5,7,9-11H,6,8H2,(H,21,22). The van der Waals surface area contributed by atoms with Crippen LogP contribution in [0.5, 0.6) is 5.75 Å². The van der Waals surface area contributed by atoms with Gasteiger partial charge in [-0.1, -0.05) is 12.1 Å². The van der Waals surface area contributed by atoms with E-state index in [2.05, 4.69) is 15.3 Å². The molecule has 0 bridgehead atoms. The second-order valence-corrected chi connectivity index (χ2v) is 5.30. The minimum absolute atomic E-state index is 0.292. The van der Waals surface area contributed by atoms with E-state index in [0.717, 1.165) is 28.9 Å². The SMILES string of the molecule is Fc1cccc(Nc2ncc(-c3cccnc3)c3c2OCC3)c1. The molecule has 3 heterocycles. The maximum Gasteiger partial charge on any atom is 0.173 e. The van der Waals surface area contributed by atoms with Crippen molar-refractivity contribution >= 4 is 11.5 Å². The molecule has 0 atom stereocenters. The fourth-order valence-electron chi connectivity index (χ4n) is 2.75. The molecule has 0 unspecified atom stereocenters. The zero-order valence-electron chi connectivity index (χ0n) is 12.3. The molecule has 4 rings (SSSR count). The minimum Gasteiger partial charge on any atom is -0.489 e. The third kappa shape index (κ3) is 2.61. The third-order valence-electron chi connectivity index (χ3n) is 3.80. The predicted octanol–water partition coefficient (Wildman–Crippen LogP) is 3.96. The van der Waals surface area contributed by atoms with Gasteiger partial charge in [0.1, 0.15) is 5.82 Å². The third-order valence-corrected chi connectivity index (χ3v) is 3.80. The molecule has 0 amide bonds. The number of hydrogen-bond acceptors (Lipinski definition) is 4. The van der Waals surface area contributed by atoms with Gasteiger partial charge < -0.3 is 10.1 Å². The van der Waals surface area contributed by atoms with E-state index in [-0.39, 0.29) is 5.82 Å². The summed E-state index contributed by atoms with van der Waals surface area (Å²) in [6.07, 6.45) is 6.19. The van der Waals surface area contributed by atoms with Crippen LogP contribution in [-0.4, -0.2) is 16.6 Å². The molecule has 5 heteroatoms. The number of nitrogens with one attached hydrogen (secondary N) is 1. The zero-order chi connectivity index (χ0) is 15.6. The fourth-order valence-corrected chi connectivity index (χ4v) is 2.75. The Morgan fingerprint density at radius 2 is 2.09 bits per heavy atom. The summed E-state index contributed by atoms with van der Waals surface area (Å²) in [7, 11) is 0. The van der Waals surface area contributed by atoms with Crippen LogP contribution in [0.2, 0.25) is 0 Å². The van der Waals surface area contributed by atoms with E-state index in [1.165, 1.54) is 12.1 Å². The normalized spacial score (nSPS) is 12.6. The van der Waals surface area contributed by atoms with Crippen molar-refractivity contribution in [1.82, 2.24) is 9.97 Å². The van der Waals surface area contributed by atoms with Gasteiger partial charge in [0.15, 0.2) is 11.6 Å². The van der Waals surface area contributed by atoms with Gasteiger partial charge in [0.25, 0.3) is 0 Å². The van der Waals surface area contributed by atoms with Crippen LogP contribution in [-0.2, 0) is 6.42 Å². The molecule has 1 aliphatic heterocycles. The molecule has 23 heavy (non-hydrogen) atoms. The summed E-state index contributed by atoms with van der Waals surface area (Å²) < 4.78 is 19.1. The summed E-state index contributed by atoms with van der Waals surface area (Å²) in [6.45, 7) is 0.617. The Bertz CT molecular complexity index is 852. The van der Waals surface area contributed by atoms with E-state index in [1.54, 1.807) is 18.3 Å². The van der Waals surface area contributed by atoms with E-state index in [1.807, 2.05) is 24.5 Å². The Morgan fingerprint density at radius 1 is 1.13 bits per heavy atom. The molecule has 2 aromatic heterocycles. The van der Waals surface area contributed by atoms with Crippen molar-refractivity contribution in [3.05, 3.63) is 66.4 Å². The Balaban J connectivity index is 1.75. The Labute approximate surface area is 133 Å². The minimum atomic E-state index is -0.292. The van der Waals surface area contributed by atoms with Gasteiger partial charge in [-0.25, -0.2) is 9.37 Å². The Kier molecular flexibility index (Phi) is 3.38. The molecule has 3 aromatic rings. The second kappa shape index (κ2) is 5.68. The van der Waals surface area contributed by atoms with E-state index < -0.39 is 0 Å². The van der Waals surface area contributed by atoms with Crippen LogP contribution in [0, 0.1) is 5.82 Å². The van der Waals surface area contributed by atoms with Crippen LogP contribution in [0.25, 0.3) is 11.1 Å². The summed E-state index contributed by atoms with van der Waals surface area (Å²) >= 11 is 0. The van der Waals surface area contributed by atoms with E-state index >= 15 is 0 Å². The number of ether oxygens (including phenoxy) is 1. The molecule has 0 saturated carbocycles. The predicted molar refractivity (Wildman–Crippen MR) is 86.3 cm³/mol. The highest BCUT2D eigenvalue weighted by Gasteiger charge is 2.22. The van der Waals surface area contributed by atoms with Crippen LogP contribution in [0.3, 0.4) is 0 Å². The molecule has 1 aromatic carbocycles. The van der Waals surface area contributed by atoms with Crippen LogP contribution in [0.1, 0.15) is 5.56 Å². The number of anilines is 2. The highest BCUT2D eigenvalue weighted by Crippen LogP contribution is 2.39. The first-order chi connectivity index (χ1) is 11.3. The number of aromatic nitrogens is 2. The van der Waals surface area contributed by atoms with Crippen molar-refractivity contribution in [2.75, 3.05) is 11.9 Å². The smallest absolute Gasteiger partial charge is 0.173 e. The maximum absolute atomic E-state index is 13.3. The Morgan fingerprint density at radius 3 is 2.91 bits per heavy atom. The molecule has 0 spiro atoms. The average molecular weight is 307 g/mol. The first-order valence-corrected chi connectivity index (χ1v) is 7.39. The van der Waals surface area contributed by atoms with Gasteiger partial charge in [0, 0.05) is 47.4 Å². The van der Waals surface area contributed by atoms with Crippen molar-refractivity contribution in [3.63, 3.8) is 0 Å². The van der Waals surface area contributed by atoms with Gasteiger partial charge in [-0.3, -0.25) is 4.98 Å². The Hall–Kier alpha value is -2.95. The van der Waals surface area contributed by atoms with Gasteiger partial charge in [-0.2, -0.15) is 0 Å². The fraction of sp³-hybridized carbons (Fsp3) is 0.111. The van der Waals surface area contributed by atoms with Crippen molar-refractivity contribution in [3.8, 4) is 16.9 Å². The number of rotatable bonds is 3. The second-order valence-electron chi connectivity index (χ2n) is 5.30. The van der Waals surface area contributed by atoms with Crippen LogP contribution in [0.4, 0.5) is 15.9 Å². The van der Waals surface area contributed by atoms with E-state index in [4.69, 9.17) is 4.74 Å². The van der Waals surface area contributed by atoms with Gasteiger partial charge in [-0.15, -0.1) is 0 Å². The summed E-state index contributed by atoms with van der Waals surface area (Å²) in [5, 5.41) is 3.13. The molecule has 114 valence electrons. The van der Waals surface area contributed by atoms with Crippen molar-refractivity contribution in [2.45, 2.75) is 6.42 Å². The molecule has 1 N–H and O–H groups in total. The summed E-state index contributed by atoms with van der Waals surface area (Å²) in [4.78, 5) is 8.63. The molecule has 4 nitrogen and oxygen atoms in total. The highest BCUT2D eigenvalue weighted by atomic mass is 19.1. The number of nitrogens with zero attached hydrogens (tertiary/aromatic N) is 2. The first kappa shape index (κ1) is 13.7. The largest absolute Gasteiger partial charge is 0.489 e. The van der Waals surface area contributed by atoms with Crippen LogP contribution in [0.15, 0.2) is 55.0 Å². The zero-order valence-corrected chi connectivity index (χ0v) is 12.3. The lowest BCUT2D eigenvalue weighted by atomic mass is 10.0. The number of hydrogen-bond donors (Lipinski definition) is 1. The lowest BCUT2D eigenvalue weighted by Gasteiger charge is -2.12. The average Bonchev–Trinajstić information content (AvgIpc) is 3.06. The monoisotopic (exact) mass is 307 g/mol. The van der Waals surface area contributed by atoms with E-state index in [0.29, 0.717) is 18.1 Å². The van der Waals surface area contributed by atoms with Crippen molar-refractivity contribution in [2.24, 2.45) is 0 Å². The number of halogens is 1. The van der Waals surface area contributed by atoms with Crippen molar-refractivity contribution < 1.29 is 9.13 Å². The van der Waals surface area contributed by atoms with Gasteiger partial charge in [0.2, 0.25) is 0 Å². The molecular weight excluding hydrogens is 293 g/mol. The first-order valence-electron chi connectivity index (χ1n) is 7.39. The quantitative estimate of drug-likeness (QED) is 0.795. The summed E-state index contributed by atoms with van der Waals surface area (Å²) in [6, 6.07) is 10.2. The van der Waals surface area contributed by atoms with Crippen LogP contribution >= 0.6 is 0 Å². The summed E-state index contributed by atoms with van der Waals surface area (Å²) in [5.41, 5.74) is 3.78. The maximum atomic E-state index is 13.3. The lowest BCUT2D eigenvalue weighted by Crippen LogP contribution is -1.98. The molecule has 0 aliphatic carbocycles. The molecule has 0 saturated heterocycles. The molecular formula is C18H14FN3O. The van der Waals surface area contributed by atoms with Gasteiger partial charge in [-0.05, 0) is 24.3 Å². The highest BCUT2D eigenvalue weighted by molar-refractivity contribution is 5.75. The number of benzene rings is 1. The van der Waals surface area contributed by atoms with Crippen LogP contribution < -0.4 is 10.1 Å². The molecule has 0 fully saturated rings. The van der Waals surface area contributed by atoms with Gasteiger partial charge >= 0.3 is 0 Å². The number of pyridine rings is 2. The van der Waals surface area contributed by atoms with Gasteiger partial charge in [0.05, 0.1) is 6.61 Å². The molecule has 0 radical (unpaired) electrons. The van der Waals surface area contributed by atoms with E-state index in [9.17, 15) is 4.39 Å². The topological polar surface area (TPSA) is 47.0 Å². The summed E-state index contributed by atoms with van der Waals surface area (Å²) in [5.74, 6) is 1.05.